The van der Waals surface area contributed by atoms with E-state index in [1.165, 1.54) is 244 Å². The number of nitrogens with two attached hydrogens (primary N) is 1. The van der Waals surface area contributed by atoms with Crippen molar-refractivity contribution in [3.63, 3.8) is 0 Å². The SMILES string of the molecule is C1CCCC1.C1CCCC1.C1CCCC1.C1CCCC1.C[C@@H](CCO)C1CCCC1.Cc1cn(CCC2CCCC2)c(=O)[nH]c1=O.Nc1ncnc2c1ncn2CCC1CCCC1.OCCC1CCCC1.[Fe].[Fe].[Fe].[Fe]. The first-order chi connectivity index (χ1) is 34.8. The molecule has 0 spiro atoms. The Morgan fingerprint density at radius 2 is 0.907 bits per heavy atom. The molecule has 11 rings (SSSR count). The third-order valence-corrected chi connectivity index (χ3v) is 16.9. The number of aryl methyl sites for hydroxylation is 3. The zero-order chi connectivity index (χ0) is 50.6. The Labute approximate surface area is 498 Å². The third kappa shape index (κ3) is 32.8. The van der Waals surface area contributed by atoms with Gasteiger partial charge in [0, 0.05) is 106 Å². The molecule has 0 unspecified atom stereocenters. The van der Waals surface area contributed by atoms with Gasteiger partial charge in [-0.25, -0.2) is 19.7 Å². The molecule has 15 heteroatoms. The van der Waals surface area contributed by atoms with Crippen molar-refractivity contribution in [1.82, 2.24) is 29.1 Å². The quantitative estimate of drug-likeness (QED) is 0.138. The van der Waals surface area contributed by atoms with Crippen molar-refractivity contribution in [2.75, 3.05) is 18.9 Å². The minimum Gasteiger partial charge on any atom is -0.396 e. The summed E-state index contributed by atoms with van der Waals surface area (Å²) in [6, 6.07) is 0. The summed E-state index contributed by atoms with van der Waals surface area (Å²) in [5.41, 5.74) is 7.38. The maximum Gasteiger partial charge on any atom is 0.328 e. The molecule has 8 aliphatic rings. The van der Waals surface area contributed by atoms with E-state index in [9.17, 15) is 9.59 Å². The van der Waals surface area contributed by atoms with Crippen LogP contribution in [-0.4, -0.2) is 52.5 Å². The first kappa shape index (κ1) is 74.0. The largest absolute Gasteiger partial charge is 0.396 e. The molecule has 5 N–H and O–H groups in total. The minimum absolute atomic E-state index is 0. The monoisotopic (exact) mass is 1210 g/mol. The zero-order valence-electron chi connectivity index (χ0n) is 47.2. The second-order valence-corrected chi connectivity index (χ2v) is 22.8. The Morgan fingerprint density at radius 3 is 1.29 bits per heavy atom. The molecule has 8 fully saturated rings. The second-order valence-electron chi connectivity index (χ2n) is 22.8. The fourth-order valence-corrected chi connectivity index (χ4v) is 12.1. The Morgan fingerprint density at radius 1 is 0.533 bits per heavy atom. The first-order valence-electron chi connectivity index (χ1n) is 30.2. The van der Waals surface area contributed by atoms with Crippen molar-refractivity contribution in [1.29, 1.82) is 0 Å². The van der Waals surface area contributed by atoms with E-state index in [0.29, 0.717) is 24.6 Å². The Balaban J connectivity index is 0.000000869. The van der Waals surface area contributed by atoms with Crippen LogP contribution in [0, 0.1) is 36.5 Å². The van der Waals surface area contributed by atoms with Gasteiger partial charge in [-0.3, -0.25) is 9.78 Å². The van der Waals surface area contributed by atoms with E-state index in [1.54, 1.807) is 17.7 Å². The van der Waals surface area contributed by atoms with Gasteiger partial charge in [-0.05, 0) is 62.2 Å². The Hall–Kier alpha value is -0.972. The number of aromatic amines is 1. The number of hydrogen-bond donors (Lipinski definition) is 4. The van der Waals surface area contributed by atoms with Crippen LogP contribution in [0.4, 0.5) is 5.82 Å². The van der Waals surface area contributed by atoms with Crippen molar-refractivity contribution < 1.29 is 78.5 Å². The third-order valence-electron chi connectivity index (χ3n) is 16.9. The number of fused-ring (bicyclic) bond motifs is 1. The van der Waals surface area contributed by atoms with Gasteiger partial charge in [0.25, 0.3) is 5.56 Å². The van der Waals surface area contributed by atoms with Crippen molar-refractivity contribution in [2.45, 2.75) is 284 Å². The molecule has 3 aromatic rings. The fraction of sp³-hybridized carbons (Fsp3) is 0.850. The van der Waals surface area contributed by atoms with E-state index in [4.69, 9.17) is 15.9 Å². The smallest absolute Gasteiger partial charge is 0.328 e. The summed E-state index contributed by atoms with van der Waals surface area (Å²) in [5.74, 6) is 4.65. The summed E-state index contributed by atoms with van der Waals surface area (Å²) in [6.45, 7) is 6.47. The number of aliphatic hydroxyl groups is 2. The summed E-state index contributed by atoms with van der Waals surface area (Å²) in [6.07, 6.45) is 61.2. The fourth-order valence-electron chi connectivity index (χ4n) is 12.1. The molecule has 11 nitrogen and oxygen atoms in total. The van der Waals surface area contributed by atoms with Gasteiger partial charge in [-0.15, -0.1) is 0 Å². The molecule has 3 heterocycles. The molecule has 0 aromatic carbocycles. The minimum atomic E-state index is -0.284. The van der Waals surface area contributed by atoms with Crippen LogP contribution in [-0.2, 0) is 81.4 Å². The van der Waals surface area contributed by atoms with Gasteiger partial charge in [0.2, 0.25) is 0 Å². The van der Waals surface area contributed by atoms with Gasteiger partial charge in [0.15, 0.2) is 11.5 Å². The summed E-state index contributed by atoms with van der Waals surface area (Å²) in [5, 5.41) is 17.2. The van der Waals surface area contributed by atoms with Gasteiger partial charge >= 0.3 is 5.69 Å². The number of nitrogen functional groups attached to an aromatic ring is 1. The van der Waals surface area contributed by atoms with E-state index < -0.39 is 0 Å². The number of imidazole rings is 1. The molecule has 0 bridgehead atoms. The molecule has 75 heavy (non-hydrogen) atoms. The van der Waals surface area contributed by atoms with Crippen LogP contribution in [0.15, 0.2) is 28.4 Å². The normalized spacial score (nSPS) is 19.3. The molecule has 3 aromatic heterocycles. The van der Waals surface area contributed by atoms with E-state index in [-0.39, 0.29) is 79.5 Å². The molecular formula is C60H107Fe4N7O4. The van der Waals surface area contributed by atoms with Gasteiger partial charge in [0.05, 0.1) is 6.33 Å². The number of rotatable bonds is 11. The van der Waals surface area contributed by atoms with Crippen LogP contribution in [0.5, 0.6) is 0 Å². The first-order valence-corrected chi connectivity index (χ1v) is 30.2. The summed E-state index contributed by atoms with van der Waals surface area (Å²) in [7, 11) is 0. The van der Waals surface area contributed by atoms with E-state index in [0.717, 1.165) is 73.1 Å². The van der Waals surface area contributed by atoms with Crippen LogP contribution in [0.1, 0.15) is 269 Å². The summed E-state index contributed by atoms with van der Waals surface area (Å²) in [4.78, 5) is 37.5. The maximum absolute atomic E-state index is 11.5. The van der Waals surface area contributed by atoms with E-state index >= 15 is 0 Å². The number of aliphatic hydroxyl groups excluding tert-OH is 2. The number of nitrogens with one attached hydrogen (secondary N) is 1. The van der Waals surface area contributed by atoms with E-state index in [2.05, 4.69) is 31.4 Å². The number of H-pyrrole nitrogens is 1. The van der Waals surface area contributed by atoms with Crippen molar-refractivity contribution >= 4 is 17.0 Å². The van der Waals surface area contributed by atoms with Crippen LogP contribution in [0.25, 0.3) is 11.2 Å². The van der Waals surface area contributed by atoms with Crippen LogP contribution in [0.3, 0.4) is 0 Å². The standard InChI is InChI=1S/C12H17N5.C12H18N2O2.C9H18O.C7H14O.4C5H10.4Fe/c13-11-10-12(15-7-14-11)17(8-16-10)6-5-9-3-1-2-4-9;1-9-8-14(12(16)13-11(9)15)7-6-10-4-2-3-5-10;1-8(6-7-10)9-4-2-3-5-9;8-6-5-7-3-1-2-4-7;4*1-2-4-5-3-1;;;;/h7-9H,1-6H2,(H2,13,14,15);8,10H,2-7H2,1H3,(H,13,15,16);8-10H,2-7H2,1H3;7-8H,1-6H2;4*1-5H2;;;;/t;;8-;;;;;;;;;/m..0........./s1. The van der Waals surface area contributed by atoms with Crippen LogP contribution in [0.2, 0.25) is 0 Å². The average Bonchev–Trinajstić information content (AvgIpc) is 4.25. The average molecular weight is 1210 g/mol. The predicted molar refractivity (Wildman–Crippen MR) is 298 cm³/mol. The predicted octanol–water partition coefficient (Wildman–Crippen LogP) is 15.0. The molecule has 8 aliphatic carbocycles. The Kier molecular flexibility index (Phi) is 47.2. The van der Waals surface area contributed by atoms with Gasteiger partial charge in [-0.1, -0.05) is 238 Å². The van der Waals surface area contributed by atoms with Crippen molar-refractivity contribution in [3.8, 4) is 0 Å². The number of anilines is 1. The molecule has 438 valence electrons. The molecule has 1 atom stereocenters. The Bertz CT molecular complexity index is 1790. The van der Waals surface area contributed by atoms with E-state index in [1.807, 2.05) is 6.33 Å². The van der Waals surface area contributed by atoms with Crippen LogP contribution < -0.4 is 17.0 Å². The topological polar surface area (TPSA) is 165 Å². The zero-order valence-corrected chi connectivity index (χ0v) is 51.6. The second kappa shape index (κ2) is 47.8. The van der Waals surface area contributed by atoms with Gasteiger partial charge in [0.1, 0.15) is 11.8 Å². The molecule has 0 amide bonds. The maximum atomic E-state index is 11.5. The molecule has 0 radical (unpaired) electrons. The number of nitrogens with zero attached hydrogens (tertiary/aromatic N) is 5. The molecule has 0 saturated heterocycles. The summed E-state index contributed by atoms with van der Waals surface area (Å²) >= 11 is 0. The van der Waals surface area contributed by atoms with Crippen molar-refractivity contribution in [3.05, 3.63) is 45.3 Å². The molecule has 0 aliphatic heterocycles. The van der Waals surface area contributed by atoms with Crippen LogP contribution >= 0.6 is 0 Å². The number of hydrogen-bond acceptors (Lipinski definition) is 8. The molecular weight excluding hydrogens is 1110 g/mol. The van der Waals surface area contributed by atoms with Crippen molar-refractivity contribution in [2.24, 2.45) is 29.6 Å². The van der Waals surface area contributed by atoms with Gasteiger partial charge in [-0.2, -0.15) is 0 Å². The summed E-state index contributed by atoms with van der Waals surface area (Å²) < 4.78 is 3.71. The number of aromatic nitrogens is 6. The van der Waals surface area contributed by atoms with Gasteiger partial charge < -0.3 is 25.1 Å². The molecule has 8 saturated carbocycles.